The number of aliphatic hydroxyl groups is 1. The molecule has 0 bridgehead atoms. The van der Waals surface area contributed by atoms with Gasteiger partial charge in [-0.2, -0.15) is 0 Å². The highest BCUT2D eigenvalue weighted by Crippen LogP contribution is 2.49. The highest BCUT2D eigenvalue weighted by Gasteiger charge is 2.68. The van der Waals surface area contributed by atoms with Gasteiger partial charge in [0.25, 0.3) is 5.91 Å². The molecule has 1 saturated heterocycles. The van der Waals surface area contributed by atoms with Gasteiger partial charge in [-0.25, -0.2) is 4.79 Å². The molecule has 6 nitrogen and oxygen atoms in total. The van der Waals surface area contributed by atoms with E-state index in [2.05, 4.69) is 10.6 Å². The van der Waals surface area contributed by atoms with Gasteiger partial charge < -0.3 is 20.6 Å². The lowest BCUT2D eigenvalue weighted by Crippen LogP contribution is -2.66. The third kappa shape index (κ3) is 1.50. The molecule has 0 aliphatic carbocycles. The number of hydrogen-bond donors (Lipinski definition) is 3. The second-order valence-electron chi connectivity index (χ2n) is 5.79. The summed E-state index contributed by atoms with van der Waals surface area (Å²) in [7, 11) is 1.63. The first kappa shape index (κ1) is 13.8. The van der Waals surface area contributed by atoms with Gasteiger partial charge in [-0.15, -0.1) is 0 Å². The lowest BCUT2D eigenvalue weighted by molar-refractivity contribution is -0.140. The van der Waals surface area contributed by atoms with Crippen LogP contribution in [0.25, 0.3) is 0 Å². The highest BCUT2D eigenvalue weighted by molar-refractivity contribution is 6.08. The third-order valence-electron chi connectivity index (χ3n) is 4.63. The van der Waals surface area contributed by atoms with Crippen LogP contribution in [0, 0.1) is 0 Å². The van der Waals surface area contributed by atoms with Gasteiger partial charge in [0.05, 0.1) is 5.69 Å². The molecule has 1 fully saturated rings. The first-order valence-corrected chi connectivity index (χ1v) is 7.26. The molecule has 2 aliphatic rings. The van der Waals surface area contributed by atoms with Crippen molar-refractivity contribution in [2.45, 2.75) is 11.3 Å². The standard InChI is InChI=1S/C17H15N3O3/c1-20-13-10-6-5-9-12(13)17(23)16(14(20)21,18-15(22)19-17)11-7-3-2-4-8-11/h2-10,23H,1H3,(H2,18,19,22)/t16-,17-/m1/s1. The summed E-state index contributed by atoms with van der Waals surface area (Å²) in [5.41, 5.74) is -1.90. The molecule has 0 saturated carbocycles. The lowest BCUT2D eigenvalue weighted by Gasteiger charge is -2.46. The van der Waals surface area contributed by atoms with Gasteiger partial charge in [-0.3, -0.25) is 4.79 Å². The van der Waals surface area contributed by atoms with E-state index in [1.54, 1.807) is 55.6 Å². The molecular formula is C17H15N3O3. The Morgan fingerprint density at radius 3 is 2.35 bits per heavy atom. The number of anilines is 1. The van der Waals surface area contributed by atoms with Gasteiger partial charge in [-0.1, -0.05) is 48.5 Å². The molecule has 4 rings (SSSR count). The van der Waals surface area contributed by atoms with E-state index in [4.69, 9.17) is 0 Å². The lowest BCUT2D eigenvalue weighted by atomic mass is 9.73. The van der Waals surface area contributed by atoms with Crippen LogP contribution in [0.5, 0.6) is 0 Å². The molecule has 0 radical (unpaired) electrons. The second kappa shape index (κ2) is 4.33. The minimum atomic E-state index is -1.86. The minimum absolute atomic E-state index is 0.400. The SMILES string of the molecule is CN1C(=O)[C@@]2(c3ccccc3)NC(=O)N[C@@]2(O)c2ccccc21. The second-order valence-corrected chi connectivity index (χ2v) is 5.79. The summed E-state index contributed by atoms with van der Waals surface area (Å²) < 4.78 is 0. The first-order valence-electron chi connectivity index (χ1n) is 7.26. The van der Waals surface area contributed by atoms with Crippen molar-refractivity contribution in [1.82, 2.24) is 10.6 Å². The van der Waals surface area contributed by atoms with E-state index in [9.17, 15) is 14.7 Å². The molecular weight excluding hydrogens is 294 g/mol. The minimum Gasteiger partial charge on any atom is -0.364 e. The topological polar surface area (TPSA) is 81.7 Å². The Morgan fingerprint density at radius 2 is 1.61 bits per heavy atom. The average Bonchev–Trinajstić information content (AvgIpc) is 2.86. The Kier molecular flexibility index (Phi) is 2.59. The zero-order valence-electron chi connectivity index (χ0n) is 12.4. The fraction of sp³-hybridized carbons (Fsp3) is 0.176. The van der Waals surface area contributed by atoms with E-state index < -0.39 is 23.2 Å². The van der Waals surface area contributed by atoms with Crippen LogP contribution in [-0.4, -0.2) is 24.1 Å². The monoisotopic (exact) mass is 309 g/mol. The fourth-order valence-corrected chi connectivity index (χ4v) is 3.55. The molecule has 0 unspecified atom stereocenters. The van der Waals surface area contributed by atoms with Crippen molar-refractivity contribution in [1.29, 1.82) is 0 Å². The number of rotatable bonds is 1. The van der Waals surface area contributed by atoms with Crippen molar-refractivity contribution in [3.05, 3.63) is 65.7 Å². The molecule has 3 amide bonds. The molecule has 23 heavy (non-hydrogen) atoms. The molecule has 2 aromatic rings. The summed E-state index contributed by atoms with van der Waals surface area (Å²) in [6.07, 6.45) is 0. The number of hydrogen-bond acceptors (Lipinski definition) is 3. The van der Waals surface area contributed by atoms with Gasteiger partial charge in [-0.05, 0) is 11.6 Å². The van der Waals surface area contributed by atoms with E-state index >= 15 is 0 Å². The van der Waals surface area contributed by atoms with Crippen molar-refractivity contribution < 1.29 is 14.7 Å². The molecule has 2 aromatic carbocycles. The predicted molar refractivity (Wildman–Crippen MR) is 83.5 cm³/mol. The molecule has 0 aromatic heterocycles. The maximum absolute atomic E-state index is 13.2. The van der Waals surface area contributed by atoms with Crippen LogP contribution in [0.15, 0.2) is 54.6 Å². The van der Waals surface area contributed by atoms with E-state index in [-0.39, 0.29) is 0 Å². The Hall–Kier alpha value is -2.86. The number of carbonyl (C=O) groups is 2. The average molecular weight is 309 g/mol. The van der Waals surface area contributed by atoms with Crippen LogP contribution in [0.4, 0.5) is 10.5 Å². The number of nitrogens with zero attached hydrogens (tertiary/aromatic N) is 1. The largest absolute Gasteiger partial charge is 0.364 e. The molecule has 6 heteroatoms. The molecule has 2 atom stereocenters. The number of urea groups is 1. The smallest absolute Gasteiger partial charge is 0.318 e. The van der Waals surface area contributed by atoms with Gasteiger partial charge in [0.1, 0.15) is 0 Å². The normalized spacial score (nSPS) is 28.7. The van der Waals surface area contributed by atoms with E-state index in [1.165, 1.54) is 4.90 Å². The summed E-state index contributed by atoms with van der Waals surface area (Å²) in [5.74, 6) is -0.400. The Balaban J connectivity index is 2.08. The summed E-state index contributed by atoms with van der Waals surface area (Å²) in [5, 5.41) is 16.6. The van der Waals surface area contributed by atoms with Gasteiger partial charge >= 0.3 is 6.03 Å². The van der Waals surface area contributed by atoms with E-state index in [0.717, 1.165) is 0 Å². The quantitative estimate of drug-likeness (QED) is 0.735. The van der Waals surface area contributed by atoms with Crippen LogP contribution >= 0.6 is 0 Å². The van der Waals surface area contributed by atoms with Crippen molar-refractivity contribution >= 4 is 17.6 Å². The zero-order chi connectivity index (χ0) is 16.2. The number of likely N-dealkylation sites (N-methyl/N-ethyl adjacent to an activating group) is 1. The van der Waals surface area contributed by atoms with Gasteiger partial charge in [0, 0.05) is 12.6 Å². The van der Waals surface area contributed by atoms with Crippen LogP contribution in [0.2, 0.25) is 0 Å². The van der Waals surface area contributed by atoms with E-state index in [0.29, 0.717) is 16.8 Å². The number of carbonyl (C=O) groups excluding carboxylic acids is 2. The fourth-order valence-electron chi connectivity index (χ4n) is 3.55. The Bertz CT molecular complexity index is 823. The van der Waals surface area contributed by atoms with Crippen molar-refractivity contribution in [2.75, 3.05) is 11.9 Å². The Labute approximate surface area is 132 Å². The molecule has 2 aliphatic heterocycles. The maximum atomic E-state index is 13.2. The molecule has 116 valence electrons. The predicted octanol–water partition coefficient (Wildman–Crippen LogP) is 1.02. The number of benzene rings is 2. The summed E-state index contributed by atoms with van der Waals surface area (Å²) in [6, 6.07) is 15.2. The number of para-hydroxylation sites is 1. The maximum Gasteiger partial charge on any atom is 0.318 e. The Morgan fingerprint density at radius 1 is 0.957 bits per heavy atom. The van der Waals surface area contributed by atoms with Crippen LogP contribution in [0.1, 0.15) is 11.1 Å². The van der Waals surface area contributed by atoms with Crippen LogP contribution in [0.3, 0.4) is 0 Å². The van der Waals surface area contributed by atoms with E-state index in [1.807, 2.05) is 6.07 Å². The van der Waals surface area contributed by atoms with Crippen molar-refractivity contribution in [2.24, 2.45) is 0 Å². The number of amides is 3. The third-order valence-corrected chi connectivity index (χ3v) is 4.63. The summed E-state index contributed by atoms with van der Waals surface area (Å²) >= 11 is 0. The molecule has 3 N–H and O–H groups in total. The van der Waals surface area contributed by atoms with Crippen LogP contribution in [-0.2, 0) is 16.1 Å². The highest BCUT2D eigenvalue weighted by atomic mass is 16.3. The van der Waals surface area contributed by atoms with Gasteiger partial charge in [0.2, 0.25) is 5.72 Å². The molecule has 2 heterocycles. The van der Waals surface area contributed by atoms with Crippen molar-refractivity contribution in [3.8, 4) is 0 Å². The number of fused-ring (bicyclic) bond motifs is 3. The number of nitrogens with one attached hydrogen (secondary N) is 2. The summed E-state index contributed by atoms with van der Waals surface area (Å²) in [6.45, 7) is 0. The molecule has 0 spiro atoms. The van der Waals surface area contributed by atoms with Gasteiger partial charge in [0.15, 0.2) is 5.54 Å². The summed E-state index contributed by atoms with van der Waals surface area (Å²) in [4.78, 5) is 26.7. The van der Waals surface area contributed by atoms with Crippen LogP contribution < -0.4 is 15.5 Å². The first-order chi connectivity index (χ1) is 11.0. The van der Waals surface area contributed by atoms with Crippen molar-refractivity contribution in [3.63, 3.8) is 0 Å². The zero-order valence-corrected chi connectivity index (χ0v) is 12.4.